The molecule has 3 aromatic rings. The molecule has 108 valence electrons. The minimum absolute atomic E-state index is 0.217. The zero-order valence-corrected chi connectivity index (χ0v) is 12.3. The Labute approximate surface area is 125 Å². The van der Waals surface area contributed by atoms with Crippen LogP contribution in [-0.2, 0) is 17.8 Å². The Bertz CT molecular complexity index is 730. The van der Waals surface area contributed by atoms with Gasteiger partial charge in [0.1, 0.15) is 10.8 Å². The molecule has 0 unspecified atom stereocenters. The van der Waals surface area contributed by atoms with Gasteiger partial charge in [0.05, 0.1) is 23.9 Å². The number of thiazole rings is 1. The minimum atomic E-state index is -0.465. The maximum Gasteiger partial charge on any atom is 0.373 e. The number of hydrogen-bond donors (Lipinski definition) is 1. The number of rotatable bonds is 5. The predicted octanol–water partition coefficient (Wildman–Crippen LogP) is 2.97. The van der Waals surface area contributed by atoms with Crippen molar-refractivity contribution in [3.63, 3.8) is 0 Å². The Balaban J connectivity index is 1.58. The van der Waals surface area contributed by atoms with Crippen LogP contribution in [0.3, 0.4) is 0 Å². The van der Waals surface area contributed by atoms with Gasteiger partial charge in [-0.05, 0) is 24.3 Å². The number of para-hydroxylation sites is 1. The first-order valence-corrected chi connectivity index (χ1v) is 7.30. The molecule has 0 amide bonds. The summed E-state index contributed by atoms with van der Waals surface area (Å²) in [4.78, 5) is 15.8. The number of carbonyl (C=O) groups is 1. The van der Waals surface area contributed by atoms with Crippen molar-refractivity contribution in [2.45, 2.75) is 13.1 Å². The third kappa shape index (κ3) is 3.12. The van der Waals surface area contributed by atoms with Gasteiger partial charge in [0.2, 0.25) is 5.76 Å². The highest BCUT2D eigenvalue weighted by Gasteiger charge is 2.10. The molecule has 1 aromatic carbocycles. The van der Waals surface area contributed by atoms with Crippen molar-refractivity contribution in [1.29, 1.82) is 0 Å². The molecule has 0 fully saturated rings. The smallest absolute Gasteiger partial charge is 0.373 e. The Morgan fingerprint density at radius 3 is 2.95 bits per heavy atom. The van der Waals surface area contributed by atoms with Crippen molar-refractivity contribution in [2.75, 3.05) is 7.11 Å². The van der Waals surface area contributed by atoms with Gasteiger partial charge in [0.15, 0.2) is 0 Å². The maximum atomic E-state index is 11.3. The number of furan rings is 1. The third-order valence-electron chi connectivity index (χ3n) is 2.96. The fourth-order valence-electron chi connectivity index (χ4n) is 1.97. The molecule has 2 aromatic heterocycles. The van der Waals surface area contributed by atoms with Gasteiger partial charge >= 0.3 is 5.97 Å². The van der Waals surface area contributed by atoms with E-state index in [1.54, 1.807) is 23.5 Å². The molecular weight excluding hydrogens is 288 g/mol. The lowest BCUT2D eigenvalue weighted by atomic mass is 10.3. The van der Waals surface area contributed by atoms with E-state index in [-0.39, 0.29) is 5.76 Å². The average Bonchev–Trinajstić information content (AvgIpc) is 3.12. The number of carbonyl (C=O) groups excluding carboxylic acids is 1. The third-order valence-corrected chi connectivity index (χ3v) is 4.00. The second-order valence-electron chi connectivity index (χ2n) is 4.44. The molecular formula is C15H14N2O3S. The van der Waals surface area contributed by atoms with E-state index in [0.29, 0.717) is 18.8 Å². The van der Waals surface area contributed by atoms with E-state index in [1.807, 2.05) is 18.2 Å². The van der Waals surface area contributed by atoms with E-state index >= 15 is 0 Å². The lowest BCUT2D eigenvalue weighted by Gasteiger charge is -1.99. The fraction of sp³-hybridized carbons (Fsp3) is 0.200. The number of methoxy groups -OCH3 is 1. The Morgan fingerprint density at radius 2 is 2.14 bits per heavy atom. The van der Waals surface area contributed by atoms with Gasteiger partial charge in [-0.3, -0.25) is 0 Å². The zero-order chi connectivity index (χ0) is 14.7. The lowest BCUT2D eigenvalue weighted by Crippen LogP contribution is -2.11. The number of esters is 1. The first-order chi connectivity index (χ1) is 10.3. The highest BCUT2D eigenvalue weighted by Crippen LogP contribution is 2.21. The summed E-state index contributed by atoms with van der Waals surface area (Å²) < 4.78 is 11.2. The summed E-state index contributed by atoms with van der Waals surface area (Å²) in [5, 5.41) is 4.28. The molecule has 0 aliphatic heterocycles. The molecule has 6 heteroatoms. The topological polar surface area (TPSA) is 64.4 Å². The SMILES string of the molecule is COC(=O)c1ccc(CNCc2nc3ccccc3s2)o1. The molecule has 0 aliphatic rings. The molecule has 1 N–H and O–H groups in total. The van der Waals surface area contributed by atoms with Crippen LogP contribution in [0.1, 0.15) is 21.3 Å². The molecule has 0 radical (unpaired) electrons. The van der Waals surface area contributed by atoms with Crippen LogP contribution in [0.2, 0.25) is 0 Å². The summed E-state index contributed by atoms with van der Waals surface area (Å²) >= 11 is 1.67. The normalized spacial score (nSPS) is 10.9. The predicted molar refractivity (Wildman–Crippen MR) is 80.2 cm³/mol. The molecule has 5 nitrogen and oxygen atoms in total. The maximum absolute atomic E-state index is 11.3. The molecule has 0 spiro atoms. The molecule has 2 heterocycles. The van der Waals surface area contributed by atoms with Gasteiger partial charge in [-0.15, -0.1) is 11.3 Å². The lowest BCUT2D eigenvalue weighted by molar-refractivity contribution is 0.0563. The average molecular weight is 302 g/mol. The van der Waals surface area contributed by atoms with Crippen LogP contribution in [-0.4, -0.2) is 18.1 Å². The fourth-order valence-corrected chi connectivity index (χ4v) is 2.91. The second kappa shape index (κ2) is 6.07. The Hall–Kier alpha value is -2.18. The quantitative estimate of drug-likeness (QED) is 0.734. The summed E-state index contributed by atoms with van der Waals surface area (Å²) in [5.74, 6) is 0.443. The Kier molecular flexibility index (Phi) is 3.98. The van der Waals surface area contributed by atoms with Crippen molar-refractivity contribution in [2.24, 2.45) is 0 Å². The van der Waals surface area contributed by atoms with Crippen LogP contribution in [0.25, 0.3) is 10.2 Å². The van der Waals surface area contributed by atoms with E-state index in [4.69, 9.17) is 4.42 Å². The van der Waals surface area contributed by atoms with E-state index in [2.05, 4.69) is 21.1 Å². The van der Waals surface area contributed by atoms with E-state index in [9.17, 15) is 4.79 Å². The number of aromatic nitrogens is 1. The monoisotopic (exact) mass is 302 g/mol. The molecule has 0 saturated carbocycles. The van der Waals surface area contributed by atoms with E-state index < -0.39 is 5.97 Å². The van der Waals surface area contributed by atoms with Crippen molar-refractivity contribution in [1.82, 2.24) is 10.3 Å². The number of fused-ring (bicyclic) bond motifs is 1. The number of nitrogens with zero attached hydrogens (tertiary/aromatic N) is 1. The molecule has 0 aliphatic carbocycles. The van der Waals surface area contributed by atoms with Crippen LogP contribution in [0, 0.1) is 0 Å². The van der Waals surface area contributed by atoms with Gasteiger partial charge in [-0.1, -0.05) is 12.1 Å². The van der Waals surface area contributed by atoms with Crippen molar-refractivity contribution < 1.29 is 13.9 Å². The largest absolute Gasteiger partial charge is 0.463 e. The van der Waals surface area contributed by atoms with Crippen molar-refractivity contribution >= 4 is 27.5 Å². The van der Waals surface area contributed by atoms with Crippen LogP contribution in [0.4, 0.5) is 0 Å². The first kappa shape index (κ1) is 13.8. The summed E-state index contributed by atoms with van der Waals surface area (Å²) in [5.41, 5.74) is 1.02. The van der Waals surface area contributed by atoms with Crippen molar-refractivity contribution in [3.8, 4) is 0 Å². The zero-order valence-electron chi connectivity index (χ0n) is 11.5. The molecule has 0 bridgehead atoms. The summed E-state index contributed by atoms with van der Waals surface area (Å²) in [7, 11) is 1.33. The number of benzene rings is 1. The van der Waals surface area contributed by atoms with Gasteiger partial charge < -0.3 is 14.5 Å². The van der Waals surface area contributed by atoms with Crippen LogP contribution in [0.15, 0.2) is 40.8 Å². The highest BCUT2D eigenvalue weighted by atomic mass is 32.1. The second-order valence-corrected chi connectivity index (χ2v) is 5.55. The highest BCUT2D eigenvalue weighted by molar-refractivity contribution is 7.18. The van der Waals surface area contributed by atoms with Crippen molar-refractivity contribution in [3.05, 3.63) is 52.9 Å². The first-order valence-electron chi connectivity index (χ1n) is 6.48. The molecule has 0 atom stereocenters. The van der Waals surface area contributed by atoms with Gasteiger partial charge in [-0.2, -0.15) is 0 Å². The minimum Gasteiger partial charge on any atom is -0.463 e. The molecule has 3 rings (SSSR count). The summed E-state index contributed by atoms with van der Waals surface area (Å²) in [6.07, 6.45) is 0. The molecule has 0 saturated heterocycles. The summed E-state index contributed by atoms with van der Waals surface area (Å²) in [6.45, 7) is 1.19. The Morgan fingerprint density at radius 1 is 1.29 bits per heavy atom. The number of hydrogen-bond acceptors (Lipinski definition) is 6. The van der Waals surface area contributed by atoms with Crippen LogP contribution < -0.4 is 5.32 Å². The van der Waals surface area contributed by atoms with E-state index in [1.165, 1.54) is 11.8 Å². The summed E-state index contributed by atoms with van der Waals surface area (Å²) in [6, 6.07) is 11.4. The van der Waals surface area contributed by atoms with Gasteiger partial charge in [0, 0.05) is 6.54 Å². The number of ether oxygens (including phenoxy) is 1. The standard InChI is InChI=1S/C15H14N2O3S/c1-19-15(18)12-7-6-10(20-12)8-16-9-14-17-11-4-2-3-5-13(11)21-14/h2-7,16H,8-9H2,1H3. The van der Waals surface area contributed by atoms with Crippen LogP contribution in [0.5, 0.6) is 0 Å². The number of nitrogens with one attached hydrogen (secondary N) is 1. The van der Waals surface area contributed by atoms with Gasteiger partial charge in [-0.25, -0.2) is 9.78 Å². The van der Waals surface area contributed by atoms with Gasteiger partial charge in [0.25, 0.3) is 0 Å². The molecule has 21 heavy (non-hydrogen) atoms. The van der Waals surface area contributed by atoms with E-state index in [0.717, 1.165) is 10.5 Å². The van der Waals surface area contributed by atoms with Crippen LogP contribution >= 0.6 is 11.3 Å².